The van der Waals surface area contributed by atoms with Crippen molar-refractivity contribution < 1.29 is 18.0 Å². The van der Waals surface area contributed by atoms with Crippen LogP contribution in [0.25, 0.3) is 0 Å². The Morgan fingerprint density at radius 2 is 1.82 bits per heavy atom. The molecule has 3 nitrogen and oxygen atoms in total. The third kappa shape index (κ3) is 2.96. The smallest absolute Gasteiger partial charge is 0.241 e. The van der Waals surface area contributed by atoms with Gasteiger partial charge in [-0.15, -0.1) is 0 Å². The molecule has 0 saturated carbocycles. The molecule has 0 radical (unpaired) electrons. The van der Waals surface area contributed by atoms with Crippen LogP contribution in [-0.4, -0.2) is 15.2 Å². The summed E-state index contributed by atoms with van der Waals surface area (Å²) in [5.74, 6) is -5.32. The zero-order chi connectivity index (χ0) is 13.4. The van der Waals surface area contributed by atoms with E-state index in [9.17, 15) is 18.0 Å². The van der Waals surface area contributed by atoms with E-state index < -0.39 is 39.2 Å². The summed E-state index contributed by atoms with van der Waals surface area (Å²) in [7, 11) is 0. The Labute approximate surface area is 105 Å². The monoisotopic (exact) mass is 310 g/mol. The number of anilines is 1. The van der Waals surface area contributed by atoms with Gasteiger partial charge >= 0.3 is 0 Å². The Kier molecular flexibility index (Phi) is 3.81. The molecule has 1 aromatic heterocycles. The zero-order valence-electron chi connectivity index (χ0n) is 9.37. The lowest BCUT2D eigenvalue weighted by Gasteiger charge is -2.16. The molecular formula is C10H10BrF3N2O. The Hall–Kier alpha value is -1.11. The van der Waals surface area contributed by atoms with E-state index in [2.05, 4.69) is 20.9 Å². The van der Waals surface area contributed by atoms with E-state index in [1.165, 1.54) is 13.8 Å². The second-order valence-electron chi connectivity index (χ2n) is 3.93. The number of carbonyl (C=O) groups excluding carboxylic acids is 1. The Bertz CT molecular complexity index is 472. The van der Waals surface area contributed by atoms with E-state index in [1.54, 1.807) is 0 Å². The molecule has 0 spiro atoms. The Balaban J connectivity index is 3.13. The van der Waals surface area contributed by atoms with Crippen molar-refractivity contribution in [3.8, 4) is 0 Å². The highest BCUT2D eigenvalue weighted by molar-refractivity contribution is 9.10. The normalized spacial score (nSPS) is 11.5. The first-order valence-corrected chi connectivity index (χ1v) is 5.45. The van der Waals surface area contributed by atoms with Gasteiger partial charge in [0.05, 0.1) is 4.32 Å². The molecule has 1 amide bonds. The van der Waals surface area contributed by atoms with E-state index in [0.717, 1.165) is 6.92 Å². The third-order valence-corrected chi connectivity index (χ3v) is 2.38. The average molecular weight is 311 g/mol. The number of rotatable bonds is 2. The minimum Gasteiger partial charge on any atom is -0.307 e. The standard InChI is InChI=1S/C10H10BrF3N2O/c1-4-5(12)6(13)8(15-7(4)14)16-9(17)10(2,3)11/h1-3H3,(H,15,16,17). The number of halogens is 4. The Morgan fingerprint density at radius 1 is 1.29 bits per heavy atom. The maximum Gasteiger partial charge on any atom is 0.241 e. The van der Waals surface area contributed by atoms with Gasteiger partial charge in [-0.1, -0.05) is 15.9 Å². The van der Waals surface area contributed by atoms with Gasteiger partial charge in [0.2, 0.25) is 17.7 Å². The van der Waals surface area contributed by atoms with Gasteiger partial charge in [-0.05, 0) is 20.8 Å². The number of amides is 1. The van der Waals surface area contributed by atoms with Crippen molar-refractivity contribution in [2.45, 2.75) is 25.1 Å². The maximum absolute atomic E-state index is 13.4. The van der Waals surface area contributed by atoms with Crippen LogP contribution in [0.1, 0.15) is 19.4 Å². The van der Waals surface area contributed by atoms with Crippen LogP contribution < -0.4 is 5.32 Å². The topological polar surface area (TPSA) is 42.0 Å². The van der Waals surface area contributed by atoms with Gasteiger partial charge in [-0.25, -0.2) is 4.39 Å². The molecule has 0 aromatic carbocycles. The molecule has 1 N–H and O–H groups in total. The Morgan fingerprint density at radius 3 is 2.29 bits per heavy atom. The SMILES string of the molecule is Cc1c(F)nc(NC(=O)C(C)(C)Br)c(F)c1F. The molecule has 0 fully saturated rings. The number of nitrogens with zero attached hydrogens (tertiary/aromatic N) is 1. The van der Waals surface area contributed by atoms with E-state index in [4.69, 9.17) is 0 Å². The van der Waals surface area contributed by atoms with Gasteiger partial charge in [0.25, 0.3) is 0 Å². The van der Waals surface area contributed by atoms with Crippen LogP contribution in [-0.2, 0) is 4.79 Å². The molecule has 0 bridgehead atoms. The number of carbonyl (C=O) groups is 1. The summed E-state index contributed by atoms with van der Waals surface area (Å²) in [5.41, 5.74) is -0.529. The maximum atomic E-state index is 13.4. The fourth-order valence-electron chi connectivity index (χ4n) is 0.929. The number of alkyl halides is 1. The molecule has 0 saturated heterocycles. The van der Waals surface area contributed by atoms with Crippen molar-refractivity contribution in [2.24, 2.45) is 0 Å². The van der Waals surface area contributed by atoms with Gasteiger partial charge in [0.15, 0.2) is 11.6 Å². The first-order valence-electron chi connectivity index (χ1n) is 4.66. The van der Waals surface area contributed by atoms with Gasteiger partial charge in [-0.3, -0.25) is 4.79 Å². The summed E-state index contributed by atoms with van der Waals surface area (Å²) in [6.45, 7) is 4.06. The number of hydrogen-bond donors (Lipinski definition) is 1. The summed E-state index contributed by atoms with van der Waals surface area (Å²) in [4.78, 5) is 14.6. The van der Waals surface area contributed by atoms with Gasteiger partial charge in [0.1, 0.15) is 0 Å². The van der Waals surface area contributed by atoms with Gasteiger partial charge in [0, 0.05) is 5.56 Å². The highest BCUT2D eigenvalue weighted by Gasteiger charge is 2.26. The van der Waals surface area contributed by atoms with Crippen LogP contribution in [0.4, 0.5) is 19.0 Å². The number of aromatic nitrogens is 1. The molecule has 94 valence electrons. The summed E-state index contributed by atoms with van der Waals surface area (Å²) in [6, 6.07) is 0. The molecular weight excluding hydrogens is 301 g/mol. The third-order valence-electron chi connectivity index (χ3n) is 2.02. The van der Waals surface area contributed by atoms with Crippen LogP contribution in [0.15, 0.2) is 0 Å². The molecule has 17 heavy (non-hydrogen) atoms. The van der Waals surface area contributed by atoms with Crippen molar-refractivity contribution in [1.29, 1.82) is 0 Å². The number of pyridine rings is 1. The molecule has 7 heteroatoms. The zero-order valence-corrected chi connectivity index (χ0v) is 11.0. The minimum absolute atomic E-state index is 0.529. The van der Waals surface area contributed by atoms with Crippen LogP contribution in [0.5, 0.6) is 0 Å². The summed E-state index contributed by atoms with van der Waals surface area (Å²) < 4.78 is 38.6. The van der Waals surface area contributed by atoms with E-state index >= 15 is 0 Å². The predicted octanol–water partition coefficient (Wildman–Crippen LogP) is 2.92. The second kappa shape index (κ2) is 4.64. The van der Waals surface area contributed by atoms with E-state index in [1.807, 2.05) is 5.32 Å². The molecule has 1 rings (SSSR count). The molecule has 0 aliphatic rings. The van der Waals surface area contributed by atoms with Crippen LogP contribution in [0, 0.1) is 24.5 Å². The first kappa shape index (κ1) is 14.0. The second-order valence-corrected chi connectivity index (χ2v) is 5.91. The lowest BCUT2D eigenvalue weighted by molar-refractivity contribution is -0.117. The van der Waals surface area contributed by atoms with Crippen LogP contribution in [0.2, 0.25) is 0 Å². The van der Waals surface area contributed by atoms with Crippen molar-refractivity contribution in [3.05, 3.63) is 23.1 Å². The fourth-order valence-corrected chi connectivity index (χ4v) is 1.03. The molecule has 0 atom stereocenters. The number of nitrogens with one attached hydrogen (secondary N) is 1. The summed E-state index contributed by atoms with van der Waals surface area (Å²) in [5, 5.41) is 2.01. The van der Waals surface area contributed by atoms with Crippen LogP contribution >= 0.6 is 15.9 Å². The van der Waals surface area contributed by atoms with E-state index in [0.29, 0.717) is 0 Å². The van der Waals surface area contributed by atoms with Crippen molar-refractivity contribution in [3.63, 3.8) is 0 Å². The summed E-state index contributed by atoms with van der Waals surface area (Å²) in [6.07, 6.45) is 0. The van der Waals surface area contributed by atoms with Crippen molar-refractivity contribution in [2.75, 3.05) is 5.32 Å². The van der Waals surface area contributed by atoms with Gasteiger partial charge < -0.3 is 5.32 Å². The predicted molar refractivity (Wildman–Crippen MR) is 60.5 cm³/mol. The van der Waals surface area contributed by atoms with Crippen molar-refractivity contribution >= 4 is 27.7 Å². The fraction of sp³-hybridized carbons (Fsp3) is 0.400. The molecule has 1 heterocycles. The highest BCUT2D eigenvalue weighted by atomic mass is 79.9. The van der Waals surface area contributed by atoms with E-state index in [-0.39, 0.29) is 0 Å². The van der Waals surface area contributed by atoms with Gasteiger partial charge in [-0.2, -0.15) is 13.8 Å². The quantitative estimate of drug-likeness (QED) is 0.674. The van der Waals surface area contributed by atoms with Crippen LogP contribution in [0.3, 0.4) is 0 Å². The lowest BCUT2D eigenvalue weighted by Crippen LogP contribution is -2.32. The molecule has 0 aliphatic carbocycles. The molecule has 0 unspecified atom stereocenters. The minimum atomic E-state index is -1.38. The average Bonchev–Trinajstić information content (AvgIpc) is 2.21. The lowest BCUT2D eigenvalue weighted by atomic mass is 10.2. The molecule has 1 aromatic rings. The summed E-state index contributed by atoms with van der Waals surface area (Å²) >= 11 is 3.03. The first-order chi connectivity index (χ1) is 7.64. The van der Waals surface area contributed by atoms with Crippen molar-refractivity contribution in [1.82, 2.24) is 4.98 Å². The highest BCUT2D eigenvalue weighted by Crippen LogP contribution is 2.23. The largest absolute Gasteiger partial charge is 0.307 e. The molecule has 0 aliphatic heterocycles. The number of hydrogen-bond acceptors (Lipinski definition) is 2.